The van der Waals surface area contributed by atoms with E-state index in [2.05, 4.69) is 174 Å². The summed E-state index contributed by atoms with van der Waals surface area (Å²) in [6.45, 7) is 0. The Morgan fingerprint density at radius 3 is 1.86 bits per heavy atom. The van der Waals surface area contributed by atoms with Crippen molar-refractivity contribution in [2.24, 2.45) is 0 Å². The Hall–Kier alpha value is -7.63. The van der Waals surface area contributed by atoms with E-state index in [4.69, 9.17) is 19.4 Å². The first-order valence-corrected chi connectivity index (χ1v) is 18.9. The van der Waals surface area contributed by atoms with Gasteiger partial charge in [-0.2, -0.15) is 9.97 Å². The molecule has 0 atom stereocenters. The maximum Gasteiger partial charge on any atom is 0.238 e. The molecule has 0 saturated heterocycles. The second-order valence-electron chi connectivity index (χ2n) is 14.4. The molecular weight excluding hydrogens is 685 g/mol. The number of nitrogens with zero attached hydrogens (tertiary/aromatic N) is 4. The van der Waals surface area contributed by atoms with Gasteiger partial charge in [0.05, 0.1) is 11.0 Å². The summed E-state index contributed by atoms with van der Waals surface area (Å²) >= 11 is 0. The second kappa shape index (κ2) is 11.9. The highest BCUT2D eigenvalue weighted by Gasteiger charge is 2.22. The molecule has 3 aromatic heterocycles. The van der Waals surface area contributed by atoms with E-state index >= 15 is 0 Å². The molecule has 0 saturated carbocycles. The van der Waals surface area contributed by atoms with Crippen molar-refractivity contribution in [3.63, 3.8) is 0 Å². The first-order valence-electron chi connectivity index (χ1n) is 18.9. The summed E-state index contributed by atoms with van der Waals surface area (Å²) in [6, 6.07) is 63.9. The Labute approximate surface area is 320 Å². The lowest BCUT2D eigenvalue weighted by molar-refractivity contribution is 0.669. The quantitative estimate of drug-likeness (QED) is 0.182. The molecule has 5 heteroatoms. The fourth-order valence-corrected chi connectivity index (χ4v) is 8.63. The van der Waals surface area contributed by atoms with Crippen molar-refractivity contribution in [1.82, 2.24) is 19.5 Å². The molecule has 0 bridgehead atoms. The van der Waals surface area contributed by atoms with Gasteiger partial charge in [-0.3, -0.25) is 4.57 Å². The number of benzene rings is 9. The van der Waals surface area contributed by atoms with Crippen molar-refractivity contribution in [1.29, 1.82) is 0 Å². The number of para-hydroxylation sites is 1. The number of hydrogen-bond donors (Lipinski definition) is 0. The molecule has 0 aliphatic carbocycles. The van der Waals surface area contributed by atoms with Crippen LogP contribution in [0.1, 0.15) is 0 Å². The molecule has 0 aliphatic heterocycles. The predicted molar refractivity (Wildman–Crippen MR) is 230 cm³/mol. The lowest BCUT2D eigenvalue weighted by Crippen LogP contribution is -2.07. The van der Waals surface area contributed by atoms with Crippen LogP contribution < -0.4 is 0 Å². The number of fused-ring (bicyclic) bond motifs is 10. The highest BCUT2D eigenvalue weighted by Crippen LogP contribution is 2.41. The van der Waals surface area contributed by atoms with E-state index in [0.29, 0.717) is 17.6 Å². The molecule has 0 unspecified atom stereocenters. The summed E-state index contributed by atoms with van der Waals surface area (Å²) in [5.41, 5.74) is 7.75. The van der Waals surface area contributed by atoms with Gasteiger partial charge >= 0.3 is 0 Å². The van der Waals surface area contributed by atoms with Gasteiger partial charge in [-0.1, -0.05) is 140 Å². The van der Waals surface area contributed by atoms with Crippen molar-refractivity contribution in [2.45, 2.75) is 0 Å². The van der Waals surface area contributed by atoms with E-state index in [1.54, 1.807) is 0 Å². The summed E-state index contributed by atoms with van der Waals surface area (Å²) in [6.07, 6.45) is 0. The van der Waals surface area contributed by atoms with Gasteiger partial charge in [0.1, 0.15) is 11.2 Å². The lowest BCUT2D eigenvalue weighted by Gasteiger charge is -2.15. The van der Waals surface area contributed by atoms with Gasteiger partial charge in [0, 0.05) is 32.7 Å². The number of furan rings is 1. The second-order valence-corrected chi connectivity index (χ2v) is 14.4. The van der Waals surface area contributed by atoms with Crippen molar-refractivity contribution < 1.29 is 4.42 Å². The summed E-state index contributed by atoms with van der Waals surface area (Å²) in [7, 11) is 0. The minimum atomic E-state index is 0.557. The monoisotopic (exact) mass is 714 g/mol. The third kappa shape index (κ3) is 4.64. The van der Waals surface area contributed by atoms with E-state index in [0.717, 1.165) is 76.8 Å². The largest absolute Gasteiger partial charge is 0.456 e. The Morgan fingerprint density at radius 1 is 0.375 bits per heavy atom. The average Bonchev–Trinajstić information content (AvgIpc) is 3.80. The predicted octanol–water partition coefficient (Wildman–Crippen LogP) is 13.3. The Bertz CT molecular complexity index is 3540. The number of aromatic nitrogens is 4. The van der Waals surface area contributed by atoms with Crippen LogP contribution in [-0.2, 0) is 0 Å². The van der Waals surface area contributed by atoms with Crippen LogP contribution in [0.15, 0.2) is 186 Å². The normalized spacial score (nSPS) is 11.9. The Balaban J connectivity index is 1.19. The van der Waals surface area contributed by atoms with E-state index in [1.165, 1.54) is 21.5 Å². The van der Waals surface area contributed by atoms with Gasteiger partial charge in [-0.25, -0.2) is 4.98 Å². The van der Waals surface area contributed by atoms with Crippen LogP contribution in [0.4, 0.5) is 0 Å². The molecule has 0 amide bonds. The molecule has 12 rings (SSSR count). The highest BCUT2D eigenvalue weighted by molar-refractivity contribution is 6.21. The summed E-state index contributed by atoms with van der Waals surface area (Å²) < 4.78 is 8.62. The molecular formula is C51H30N4O. The van der Waals surface area contributed by atoms with Crippen molar-refractivity contribution in [2.75, 3.05) is 0 Å². The molecule has 9 aromatic carbocycles. The smallest absolute Gasteiger partial charge is 0.238 e. The zero-order valence-corrected chi connectivity index (χ0v) is 30.0. The van der Waals surface area contributed by atoms with Crippen molar-refractivity contribution in [3.8, 4) is 39.9 Å². The summed E-state index contributed by atoms with van der Waals surface area (Å²) in [5.74, 6) is 1.75. The van der Waals surface area contributed by atoms with Gasteiger partial charge in [0.25, 0.3) is 0 Å². The van der Waals surface area contributed by atoms with Crippen molar-refractivity contribution >= 4 is 76.1 Å². The Morgan fingerprint density at radius 2 is 1.02 bits per heavy atom. The lowest BCUT2D eigenvalue weighted by atomic mass is 9.93. The maximum atomic E-state index is 6.41. The minimum absolute atomic E-state index is 0.557. The molecule has 0 aliphatic rings. The molecule has 56 heavy (non-hydrogen) atoms. The molecule has 0 N–H and O–H groups in total. The maximum absolute atomic E-state index is 6.41. The van der Waals surface area contributed by atoms with Crippen LogP contribution in [0.25, 0.3) is 116 Å². The first kappa shape index (κ1) is 30.8. The van der Waals surface area contributed by atoms with Crippen LogP contribution in [0, 0.1) is 0 Å². The molecule has 0 radical (unpaired) electrons. The molecule has 12 aromatic rings. The van der Waals surface area contributed by atoms with E-state index in [1.807, 2.05) is 12.1 Å². The average molecular weight is 715 g/mol. The standard InChI is InChI=1S/C51H30N4O/c1-2-12-31(13-3-1)39-25-22-32-14-7-9-19-38(32)48(39)50-52-49(36-24-27-45-41(29-36)42-28-34-16-4-5-17-35(34)30-46(42)56-45)53-51(54-50)55-43-21-11-10-20-40(43)47-37-18-8-6-15-33(37)23-26-44(47)55/h1-30H. The van der Waals surface area contributed by atoms with E-state index in [-0.39, 0.29) is 0 Å². The molecule has 260 valence electrons. The van der Waals surface area contributed by atoms with Crippen LogP contribution in [0.3, 0.4) is 0 Å². The zero-order valence-electron chi connectivity index (χ0n) is 30.0. The minimum Gasteiger partial charge on any atom is -0.456 e. The Kier molecular flexibility index (Phi) is 6.56. The van der Waals surface area contributed by atoms with Crippen LogP contribution in [0.5, 0.6) is 0 Å². The molecule has 5 nitrogen and oxygen atoms in total. The van der Waals surface area contributed by atoms with Gasteiger partial charge in [-0.05, 0) is 85.9 Å². The summed E-state index contributed by atoms with van der Waals surface area (Å²) in [5, 5.41) is 11.3. The number of rotatable bonds is 4. The fourth-order valence-electron chi connectivity index (χ4n) is 8.63. The van der Waals surface area contributed by atoms with Gasteiger partial charge in [-0.15, -0.1) is 0 Å². The van der Waals surface area contributed by atoms with Gasteiger partial charge < -0.3 is 4.42 Å². The van der Waals surface area contributed by atoms with Crippen LogP contribution in [-0.4, -0.2) is 19.5 Å². The first-order chi connectivity index (χ1) is 27.7. The highest BCUT2D eigenvalue weighted by atomic mass is 16.3. The zero-order chi connectivity index (χ0) is 36.7. The molecule has 0 spiro atoms. The molecule has 3 heterocycles. The third-order valence-electron chi connectivity index (χ3n) is 11.2. The molecule has 0 fully saturated rings. The van der Waals surface area contributed by atoms with E-state index in [9.17, 15) is 0 Å². The number of hydrogen-bond acceptors (Lipinski definition) is 4. The van der Waals surface area contributed by atoms with E-state index < -0.39 is 0 Å². The van der Waals surface area contributed by atoms with Gasteiger partial charge in [0.2, 0.25) is 5.95 Å². The van der Waals surface area contributed by atoms with Gasteiger partial charge in [0.15, 0.2) is 11.6 Å². The van der Waals surface area contributed by atoms with Crippen LogP contribution in [0.2, 0.25) is 0 Å². The van der Waals surface area contributed by atoms with Crippen LogP contribution >= 0.6 is 0 Å². The third-order valence-corrected chi connectivity index (χ3v) is 11.2. The summed E-state index contributed by atoms with van der Waals surface area (Å²) in [4.78, 5) is 16.2. The van der Waals surface area contributed by atoms with Crippen molar-refractivity contribution in [3.05, 3.63) is 182 Å². The fraction of sp³-hybridized carbons (Fsp3) is 0. The topological polar surface area (TPSA) is 56.7 Å². The SMILES string of the molecule is c1ccc(-c2ccc3ccccc3c2-c2nc(-c3ccc4oc5cc6ccccc6cc5c4c3)nc(-n3c4ccccc4c4c5ccccc5ccc43)n2)cc1.